The molecule has 0 bridgehead atoms. The Hall–Kier alpha value is -5.57. The number of nitrogens with one attached hydrogen (secondary N) is 12. The van der Waals surface area contributed by atoms with E-state index in [1.54, 1.807) is 0 Å². The third kappa shape index (κ3) is 21.2. The zero-order valence-corrected chi connectivity index (χ0v) is 27.1. The molecule has 0 saturated carbocycles. The van der Waals surface area contributed by atoms with E-state index >= 15 is 0 Å². The summed E-state index contributed by atoms with van der Waals surface area (Å²) >= 11 is 0. The van der Waals surface area contributed by atoms with Crippen LogP contribution >= 0.6 is 0 Å². The van der Waals surface area contributed by atoms with Crippen LogP contribution < -0.4 is 65.5 Å². The fourth-order valence-electron chi connectivity index (χ4n) is 4.24. The molecule has 0 heterocycles. The van der Waals surface area contributed by atoms with Crippen LogP contribution in [0.3, 0.4) is 0 Å². The maximum atomic E-state index is 13.6. The molecule has 22 nitrogen and oxygen atoms in total. The molecule has 48 heavy (non-hydrogen) atoms. The Morgan fingerprint density at radius 2 is 0.750 bits per heavy atom. The van der Waals surface area contributed by atoms with Crippen LogP contribution in [-0.4, -0.2) is 109 Å². The van der Waals surface area contributed by atoms with Crippen molar-refractivity contribution in [1.82, 2.24) is 42.5 Å². The average molecular weight is 685 g/mol. The average Bonchev–Trinajstić information content (AvgIpc) is 2.98. The van der Waals surface area contributed by atoms with E-state index in [2.05, 4.69) is 42.5 Å². The third-order valence-corrected chi connectivity index (χ3v) is 6.51. The van der Waals surface area contributed by atoms with Crippen LogP contribution in [0.1, 0.15) is 58.3 Å². The van der Waals surface area contributed by atoms with E-state index in [1.807, 2.05) is 0 Å². The van der Waals surface area contributed by atoms with Gasteiger partial charge in [-0.15, -0.1) is 0 Å². The molecule has 272 valence electrons. The van der Waals surface area contributed by atoms with Gasteiger partial charge < -0.3 is 70.6 Å². The van der Waals surface area contributed by atoms with Crippen LogP contribution in [0.25, 0.3) is 0 Å². The first kappa shape index (κ1) is 42.4. The lowest BCUT2D eigenvalue weighted by molar-refractivity contribution is -0.142. The highest BCUT2D eigenvalue weighted by Crippen LogP contribution is 2.06. The van der Waals surface area contributed by atoms with E-state index in [9.17, 15) is 29.1 Å². The molecule has 0 aromatic rings. The topological polar surface area (TPSA) is 401 Å². The lowest BCUT2D eigenvalue weighted by atomic mass is 10.0. The number of rotatable bonds is 24. The molecular formula is C26H52N16O6. The van der Waals surface area contributed by atoms with E-state index in [0.29, 0.717) is 6.42 Å². The van der Waals surface area contributed by atoms with Crippen molar-refractivity contribution in [1.29, 1.82) is 21.6 Å². The quantitative estimate of drug-likeness (QED) is 0.0257. The molecule has 0 aliphatic carbocycles. The van der Waals surface area contributed by atoms with Crippen LogP contribution in [0.15, 0.2) is 0 Å². The minimum atomic E-state index is -1.33. The Morgan fingerprint density at radius 3 is 1.00 bits per heavy atom. The van der Waals surface area contributed by atoms with Crippen molar-refractivity contribution in [2.75, 3.05) is 26.2 Å². The van der Waals surface area contributed by atoms with Gasteiger partial charge in [0, 0.05) is 33.1 Å². The van der Waals surface area contributed by atoms with Crippen LogP contribution in [0.4, 0.5) is 0 Å². The minimum absolute atomic E-state index is 0.000306. The molecule has 0 aromatic carbocycles. The third-order valence-electron chi connectivity index (χ3n) is 6.51. The number of hydrogen-bond donors (Lipinski definition) is 17. The standard InChI is InChI=1S/C26H52N16O6/c1-14(43)39-15(6-2-10-35-23(27)28)19(44)40-16(7-3-11-36-24(29)30)20(45)41-17(8-4-12-37-25(31)32)21(46)42-18(22(47)48)9-5-13-38-26(33)34/h15-18H,2-13H2,1H3,(H,39,43)(H,40,44)(H,41,45)(H,42,46)(H,47,48)(H4,27,28,35)(H4,29,30,36)(H4,31,32,37)(H4,33,34,38)/t15-,16-,17-,18-/m0/s1. The first-order valence-electron chi connectivity index (χ1n) is 15.3. The van der Waals surface area contributed by atoms with Crippen molar-refractivity contribution in [3.63, 3.8) is 0 Å². The van der Waals surface area contributed by atoms with E-state index < -0.39 is 53.8 Å². The van der Waals surface area contributed by atoms with Gasteiger partial charge in [0.2, 0.25) is 23.6 Å². The second-order valence-corrected chi connectivity index (χ2v) is 10.7. The smallest absolute Gasteiger partial charge is 0.326 e. The van der Waals surface area contributed by atoms with Crippen molar-refractivity contribution in [3.05, 3.63) is 0 Å². The van der Waals surface area contributed by atoms with Crippen molar-refractivity contribution in [2.24, 2.45) is 22.9 Å². The Bertz CT molecular complexity index is 1140. The van der Waals surface area contributed by atoms with Gasteiger partial charge in [-0.3, -0.25) is 40.8 Å². The number of nitrogens with two attached hydrogens (primary N) is 4. The first-order valence-corrected chi connectivity index (χ1v) is 15.3. The number of hydrogen-bond acceptors (Lipinski definition) is 9. The van der Waals surface area contributed by atoms with Gasteiger partial charge in [-0.1, -0.05) is 0 Å². The molecular weight excluding hydrogens is 632 g/mol. The van der Waals surface area contributed by atoms with Gasteiger partial charge in [0.05, 0.1) is 0 Å². The molecule has 0 unspecified atom stereocenters. The number of carboxylic acids is 1. The van der Waals surface area contributed by atoms with Crippen LogP contribution in [-0.2, 0) is 24.0 Å². The first-order chi connectivity index (χ1) is 22.5. The van der Waals surface area contributed by atoms with Crippen molar-refractivity contribution in [3.8, 4) is 0 Å². The molecule has 0 fully saturated rings. The zero-order chi connectivity index (χ0) is 36.6. The van der Waals surface area contributed by atoms with Crippen LogP contribution in [0.5, 0.6) is 0 Å². The Morgan fingerprint density at radius 1 is 0.500 bits per heavy atom. The van der Waals surface area contributed by atoms with Crippen LogP contribution in [0.2, 0.25) is 0 Å². The number of carboxylic acid groups (broad SMARTS) is 1. The second-order valence-electron chi connectivity index (χ2n) is 10.7. The van der Waals surface area contributed by atoms with E-state index in [4.69, 9.17) is 44.6 Å². The summed E-state index contributed by atoms with van der Waals surface area (Å²) in [6.45, 7) is 2.01. The molecule has 0 radical (unpaired) electrons. The van der Waals surface area contributed by atoms with Gasteiger partial charge in [0.1, 0.15) is 24.2 Å². The molecule has 4 atom stereocenters. The maximum absolute atomic E-state index is 13.6. The number of guanidine groups is 4. The van der Waals surface area contributed by atoms with E-state index in [1.165, 1.54) is 6.92 Å². The summed E-state index contributed by atoms with van der Waals surface area (Å²) in [5, 5.41) is 59.2. The van der Waals surface area contributed by atoms with Gasteiger partial charge in [-0.2, -0.15) is 0 Å². The zero-order valence-electron chi connectivity index (χ0n) is 27.1. The summed E-state index contributed by atoms with van der Waals surface area (Å²) in [5.74, 6) is -5.25. The van der Waals surface area contributed by atoms with Crippen LogP contribution in [0, 0.1) is 21.6 Å². The highest BCUT2D eigenvalue weighted by atomic mass is 16.4. The molecule has 22 heteroatoms. The normalized spacial score (nSPS) is 12.9. The van der Waals surface area contributed by atoms with Gasteiger partial charge >= 0.3 is 5.97 Å². The largest absolute Gasteiger partial charge is 0.480 e. The Kier molecular flexibility index (Phi) is 21.0. The molecule has 4 amide bonds. The Balaban J connectivity index is 5.96. The molecule has 0 saturated heterocycles. The predicted molar refractivity (Wildman–Crippen MR) is 178 cm³/mol. The lowest BCUT2D eigenvalue weighted by Crippen LogP contribution is -2.58. The molecule has 0 spiro atoms. The fourth-order valence-corrected chi connectivity index (χ4v) is 4.24. The number of carbonyl (C=O) groups excluding carboxylic acids is 4. The summed E-state index contributed by atoms with van der Waals surface area (Å²) in [6, 6.07) is -4.86. The fraction of sp³-hybridized carbons (Fsp3) is 0.654. The molecule has 0 rings (SSSR count). The summed E-state index contributed by atoms with van der Waals surface area (Å²) < 4.78 is 0. The van der Waals surface area contributed by atoms with Crippen molar-refractivity contribution < 1.29 is 29.1 Å². The number of carbonyl (C=O) groups is 5. The highest BCUT2D eigenvalue weighted by Gasteiger charge is 2.31. The molecule has 0 aliphatic rings. The van der Waals surface area contributed by atoms with Crippen molar-refractivity contribution in [2.45, 2.75) is 82.5 Å². The van der Waals surface area contributed by atoms with Crippen molar-refractivity contribution >= 4 is 53.4 Å². The molecule has 21 N–H and O–H groups in total. The van der Waals surface area contributed by atoms with E-state index in [0.717, 1.165) is 0 Å². The Labute approximate surface area is 278 Å². The van der Waals surface area contributed by atoms with Gasteiger partial charge in [-0.25, -0.2) is 4.79 Å². The molecule has 0 aliphatic heterocycles. The number of amides is 4. The second kappa shape index (κ2) is 23.7. The minimum Gasteiger partial charge on any atom is -0.480 e. The van der Waals surface area contributed by atoms with Gasteiger partial charge in [-0.05, 0) is 51.4 Å². The van der Waals surface area contributed by atoms with Gasteiger partial charge in [0.15, 0.2) is 23.8 Å². The predicted octanol–water partition coefficient (Wildman–Crippen LogP) is -4.92. The van der Waals surface area contributed by atoms with E-state index in [-0.39, 0.29) is 95.0 Å². The van der Waals surface area contributed by atoms with Gasteiger partial charge in [0.25, 0.3) is 0 Å². The monoisotopic (exact) mass is 684 g/mol. The highest BCUT2D eigenvalue weighted by molar-refractivity contribution is 5.95. The maximum Gasteiger partial charge on any atom is 0.326 e. The summed E-state index contributed by atoms with van der Waals surface area (Å²) in [4.78, 5) is 63.9. The summed E-state index contributed by atoms with van der Waals surface area (Å²) in [7, 11) is 0. The lowest BCUT2D eigenvalue weighted by Gasteiger charge is -2.26. The summed E-state index contributed by atoms with van der Waals surface area (Å²) in [6.07, 6.45) is 1.22. The summed E-state index contributed by atoms with van der Waals surface area (Å²) in [5.41, 5.74) is 21.2. The SMILES string of the molecule is CC(=O)N[C@@H](CCCNC(=N)N)C(=O)N[C@@H](CCCNC(=N)N)C(=O)N[C@@H](CCCNC(=N)N)C(=O)N[C@@H](CCCNC(=N)N)C(=O)O. The number of aliphatic carboxylic acids is 1. The molecule has 0 aromatic heterocycles.